The van der Waals surface area contributed by atoms with E-state index in [1.807, 2.05) is 6.92 Å². The lowest BCUT2D eigenvalue weighted by Gasteiger charge is -2.26. The molecule has 1 fully saturated rings. The summed E-state index contributed by atoms with van der Waals surface area (Å²) < 4.78 is 30.9. The minimum atomic E-state index is -3.04. The maximum absolute atomic E-state index is 11.5. The summed E-state index contributed by atoms with van der Waals surface area (Å²) in [6.45, 7) is 6.99. The molecule has 17 heavy (non-hydrogen) atoms. The van der Waals surface area contributed by atoms with Gasteiger partial charge in [0.1, 0.15) is 0 Å². The van der Waals surface area contributed by atoms with Crippen molar-refractivity contribution in [2.45, 2.75) is 26.2 Å². The summed E-state index contributed by atoms with van der Waals surface area (Å²) in [6.07, 6.45) is 2.51. The Morgan fingerprint density at radius 3 is 2.59 bits per heavy atom. The zero-order valence-electron chi connectivity index (χ0n) is 10.7. The van der Waals surface area contributed by atoms with Crippen LogP contribution in [-0.2, 0) is 14.8 Å². The molecule has 1 N–H and O–H groups in total. The Bertz CT molecular complexity index is 287. The number of unbranched alkanes of at least 4 members (excludes halogenated alkanes) is 1. The molecule has 1 heterocycles. The van der Waals surface area contributed by atoms with Crippen LogP contribution >= 0.6 is 0 Å². The van der Waals surface area contributed by atoms with E-state index in [4.69, 9.17) is 4.74 Å². The largest absolute Gasteiger partial charge is 0.379 e. The van der Waals surface area contributed by atoms with E-state index in [2.05, 4.69) is 9.62 Å². The number of sulfonamides is 1. The first-order valence-electron chi connectivity index (χ1n) is 6.41. The maximum Gasteiger partial charge on any atom is 0.211 e. The molecule has 0 unspecified atom stereocenters. The Morgan fingerprint density at radius 1 is 1.24 bits per heavy atom. The fraction of sp³-hybridized carbons (Fsp3) is 1.00. The van der Waals surface area contributed by atoms with Crippen molar-refractivity contribution in [2.24, 2.45) is 0 Å². The van der Waals surface area contributed by atoms with Crippen molar-refractivity contribution in [2.75, 3.05) is 45.1 Å². The molecular weight excluding hydrogens is 240 g/mol. The van der Waals surface area contributed by atoms with Crippen LogP contribution in [0, 0.1) is 0 Å². The van der Waals surface area contributed by atoms with Crippen LogP contribution in [-0.4, -0.2) is 58.5 Å². The average Bonchev–Trinajstić information content (AvgIpc) is 2.34. The second-order valence-corrected chi connectivity index (χ2v) is 6.30. The molecule has 0 spiro atoms. The van der Waals surface area contributed by atoms with Crippen molar-refractivity contribution in [1.82, 2.24) is 9.62 Å². The highest BCUT2D eigenvalue weighted by atomic mass is 32.2. The first-order valence-corrected chi connectivity index (χ1v) is 8.07. The van der Waals surface area contributed by atoms with Crippen molar-refractivity contribution in [1.29, 1.82) is 0 Å². The lowest BCUT2D eigenvalue weighted by molar-refractivity contribution is 0.0376. The van der Waals surface area contributed by atoms with Gasteiger partial charge in [0.15, 0.2) is 0 Å². The monoisotopic (exact) mass is 264 g/mol. The van der Waals surface area contributed by atoms with E-state index in [1.54, 1.807) is 0 Å². The number of nitrogens with one attached hydrogen (secondary N) is 1. The fourth-order valence-electron chi connectivity index (χ4n) is 1.76. The van der Waals surface area contributed by atoms with Crippen molar-refractivity contribution < 1.29 is 13.2 Å². The van der Waals surface area contributed by atoms with E-state index in [-0.39, 0.29) is 5.75 Å². The third kappa shape index (κ3) is 6.98. The van der Waals surface area contributed by atoms with Crippen LogP contribution in [0.2, 0.25) is 0 Å². The second-order valence-electron chi connectivity index (χ2n) is 4.37. The van der Waals surface area contributed by atoms with Gasteiger partial charge in [-0.15, -0.1) is 0 Å². The highest BCUT2D eigenvalue weighted by molar-refractivity contribution is 7.89. The SMILES string of the molecule is CCCCS(=O)(=O)NCCCN1CCOCC1. The van der Waals surface area contributed by atoms with Crippen molar-refractivity contribution >= 4 is 10.0 Å². The first-order chi connectivity index (χ1) is 8.14. The lowest BCUT2D eigenvalue weighted by Crippen LogP contribution is -2.38. The smallest absolute Gasteiger partial charge is 0.211 e. The molecule has 0 aliphatic carbocycles. The standard InChI is InChI=1S/C11H24N2O3S/c1-2-3-11-17(14,15)12-5-4-6-13-7-9-16-10-8-13/h12H,2-11H2,1H3. The van der Waals surface area contributed by atoms with Gasteiger partial charge in [-0.25, -0.2) is 13.1 Å². The van der Waals surface area contributed by atoms with E-state index in [9.17, 15) is 8.42 Å². The van der Waals surface area contributed by atoms with Gasteiger partial charge in [-0.1, -0.05) is 13.3 Å². The molecule has 1 rings (SSSR count). The third-order valence-electron chi connectivity index (χ3n) is 2.84. The summed E-state index contributed by atoms with van der Waals surface area (Å²) in [5, 5.41) is 0. The quantitative estimate of drug-likeness (QED) is 0.646. The molecule has 1 saturated heterocycles. The minimum absolute atomic E-state index is 0.251. The van der Waals surface area contributed by atoms with Gasteiger partial charge < -0.3 is 4.74 Å². The number of hydrogen-bond acceptors (Lipinski definition) is 4. The summed E-state index contributed by atoms with van der Waals surface area (Å²) in [5.41, 5.74) is 0. The predicted octanol–water partition coefficient (Wildman–Crippen LogP) is 0.428. The van der Waals surface area contributed by atoms with Crippen LogP contribution in [0.25, 0.3) is 0 Å². The van der Waals surface area contributed by atoms with Gasteiger partial charge in [0.05, 0.1) is 19.0 Å². The summed E-state index contributed by atoms with van der Waals surface area (Å²) in [4.78, 5) is 2.31. The third-order valence-corrected chi connectivity index (χ3v) is 4.31. The van der Waals surface area contributed by atoms with Gasteiger partial charge in [0.2, 0.25) is 10.0 Å². The topological polar surface area (TPSA) is 58.6 Å². The highest BCUT2D eigenvalue weighted by Crippen LogP contribution is 1.98. The maximum atomic E-state index is 11.5. The van der Waals surface area contributed by atoms with Gasteiger partial charge in [-0.2, -0.15) is 0 Å². The molecular formula is C11H24N2O3S. The average molecular weight is 264 g/mol. The molecule has 1 aliphatic heterocycles. The normalized spacial score (nSPS) is 18.4. The lowest BCUT2D eigenvalue weighted by atomic mass is 10.3. The minimum Gasteiger partial charge on any atom is -0.379 e. The number of rotatable bonds is 8. The molecule has 102 valence electrons. The zero-order valence-corrected chi connectivity index (χ0v) is 11.5. The van der Waals surface area contributed by atoms with Gasteiger partial charge in [0, 0.05) is 19.6 Å². The van der Waals surface area contributed by atoms with E-state index in [0.717, 1.165) is 52.1 Å². The van der Waals surface area contributed by atoms with Gasteiger partial charge >= 0.3 is 0 Å². The Kier molecular flexibility index (Phi) is 7.03. The zero-order chi connectivity index (χ0) is 12.6. The number of ether oxygens (including phenoxy) is 1. The molecule has 0 radical (unpaired) electrons. The Hall–Kier alpha value is -0.170. The summed E-state index contributed by atoms with van der Waals surface area (Å²) in [6, 6.07) is 0. The molecule has 0 aromatic rings. The summed E-state index contributed by atoms with van der Waals surface area (Å²) in [5.74, 6) is 0.251. The van der Waals surface area contributed by atoms with Crippen molar-refractivity contribution in [3.63, 3.8) is 0 Å². The molecule has 1 aliphatic rings. The van der Waals surface area contributed by atoms with E-state index >= 15 is 0 Å². The Morgan fingerprint density at radius 2 is 1.94 bits per heavy atom. The Labute approximate surface area is 105 Å². The fourth-order valence-corrected chi connectivity index (χ4v) is 3.03. The van der Waals surface area contributed by atoms with E-state index in [0.29, 0.717) is 6.54 Å². The first kappa shape index (κ1) is 14.9. The highest BCUT2D eigenvalue weighted by Gasteiger charge is 2.11. The molecule has 5 nitrogen and oxygen atoms in total. The molecule has 0 aromatic heterocycles. The number of morpholine rings is 1. The van der Waals surface area contributed by atoms with E-state index < -0.39 is 10.0 Å². The van der Waals surface area contributed by atoms with Crippen LogP contribution in [0.3, 0.4) is 0 Å². The summed E-state index contributed by atoms with van der Waals surface area (Å²) >= 11 is 0. The van der Waals surface area contributed by atoms with Crippen LogP contribution in [0.15, 0.2) is 0 Å². The van der Waals surface area contributed by atoms with Gasteiger partial charge in [-0.3, -0.25) is 4.90 Å². The number of nitrogens with zero attached hydrogens (tertiary/aromatic N) is 1. The van der Waals surface area contributed by atoms with Crippen LogP contribution in [0.5, 0.6) is 0 Å². The predicted molar refractivity (Wildman–Crippen MR) is 68.6 cm³/mol. The molecule has 0 saturated carbocycles. The Balaban J connectivity index is 2.06. The summed E-state index contributed by atoms with van der Waals surface area (Å²) in [7, 11) is -3.04. The van der Waals surface area contributed by atoms with Gasteiger partial charge in [-0.05, 0) is 19.4 Å². The van der Waals surface area contributed by atoms with Crippen LogP contribution in [0.4, 0.5) is 0 Å². The molecule has 0 atom stereocenters. The van der Waals surface area contributed by atoms with Crippen LogP contribution in [0.1, 0.15) is 26.2 Å². The van der Waals surface area contributed by atoms with Crippen molar-refractivity contribution in [3.8, 4) is 0 Å². The van der Waals surface area contributed by atoms with E-state index in [1.165, 1.54) is 0 Å². The van der Waals surface area contributed by atoms with Crippen LogP contribution < -0.4 is 4.72 Å². The van der Waals surface area contributed by atoms with Gasteiger partial charge in [0.25, 0.3) is 0 Å². The number of hydrogen-bond donors (Lipinski definition) is 1. The molecule has 0 bridgehead atoms. The van der Waals surface area contributed by atoms with Crippen molar-refractivity contribution in [3.05, 3.63) is 0 Å². The molecule has 0 aromatic carbocycles. The second kappa shape index (κ2) is 8.02. The molecule has 0 amide bonds. The molecule has 6 heteroatoms.